The maximum absolute atomic E-state index is 12.8. The quantitative estimate of drug-likeness (QED) is 0.637. The zero-order valence-corrected chi connectivity index (χ0v) is 20.0. The highest BCUT2D eigenvalue weighted by molar-refractivity contribution is 7.89. The second-order valence-electron chi connectivity index (χ2n) is 8.95. The van der Waals surface area contributed by atoms with Crippen LogP contribution in [0.2, 0.25) is 0 Å². The number of piperazine rings is 1. The Morgan fingerprint density at radius 1 is 1.03 bits per heavy atom. The molecule has 2 aromatic carbocycles. The molecule has 0 atom stereocenters. The first-order chi connectivity index (χ1) is 15.9. The standard InChI is InChI=1S/C25H33N3O4S/c1-27-15-17-28(18-16-27)33(30,31)24-12-10-21(11-13-24)26-25(29)14-9-20-5-4-8-23(19-20)32-22-6-2-3-7-22/h4-5,8,10-13,19,22H,2-3,6-7,9,14-18H2,1H3,(H,26,29). The number of nitrogens with zero attached hydrogens (tertiary/aromatic N) is 2. The van der Waals surface area contributed by atoms with Gasteiger partial charge in [-0.2, -0.15) is 4.31 Å². The largest absolute Gasteiger partial charge is 0.490 e. The highest BCUT2D eigenvalue weighted by atomic mass is 32.2. The normalized spacial score (nSPS) is 18.3. The Balaban J connectivity index is 1.28. The van der Waals surface area contributed by atoms with Gasteiger partial charge in [0.2, 0.25) is 15.9 Å². The Morgan fingerprint density at radius 3 is 2.42 bits per heavy atom. The number of benzene rings is 2. The van der Waals surface area contributed by atoms with Crippen molar-refractivity contribution in [3.05, 3.63) is 54.1 Å². The lowest BCUT2D eigenvalue weighted by atomic mass is 10.1. The summed E-state index contributed by atoms with van der Waals surface area (Å²) < 4.78 is 33.2. The van der Waals surface area contributed by atoms with E-state index >= 15 is 0 Å². The number of amides is 1. The van der Waals surface area contributed by atoms with Crippen molar-refractivity contribution in [2.75, 3.05) is 38.5 Å². The van der Waals surface area contributed by atoms with Gasteiger partial charge in [-0.15, -0.1) is 0 Å². The number of likely N-dealkylation sites (N-methyl/N-ethyl adjacent to an activating group) is 1. The third-order valence-corrected chi connectivity index (χ3v) is 8.30. The molecule has 2 aromatic rings. The van der Waals surface area contributed by atoms with Crippen LogP contribution in [0.3, 0.4) is 0 Å². The number of hydrogen-bond acceptors (Lipinski definition) is 5. The van der Waals surface area contributed by atoms with E-state index in [1.54, 1.807) is 24.3 Å². The van der Waals surface area contributed by atoms with Gasteiger partial charge in [-0.1, -0.05) is 12.1 Å². The van der Waals surface area contributed by atoms with Crippen LogP contribution in [0.25, 0.3) is 0 Å². The molecule has 7 nitrogen and oxygen atoms in total. The van der Waals surface area contributed by atoms with Crippen LogP contribution in [-0.4, -0.2) is 62.9 Å². The predicted octanol–water partition coefficient (Wildman–Crippen LogP) is 3.52. The van der Waals surface area contributed by atoms with Crippen LogP contribution in [0, 0.1) is 0 Å². The Hall–Kier alpha value is -2.42. The van der Waals surface area contributed by atoms with Gasteiger partial charge < -0.3 is 15.0 Å². The molecular weight excluding hydrogens is 438 g/mol. The third-order valence-electron chi connectivity index (χ3n) is 6.38. The molecule has 1 aliphatic heterocycles. The highest BCUT2D eigenvalue weighted by Crippen LogP contribution is 2.25. The fourth-order valence-corrected chi connectivity index (χ4v) is 5.76. The summed E-state index contributed by atoms with van der Waals surface area (Å²) in [4.78, 5) is 14.8. The van der Waals surface area contributed by atoms with Crippen molar-refractivity contribution in [2.45, 2.75) is 49.5 Å². The van der Waals surface area contributed by atoms with Gasteiger partial charge in [0, 0.05) is 38.3 Å². The second-order valence-corrected chi connectivity index (χ2v) is 10.9. The molecule has 2 fully saturated rings. The fourth-order valence-electron chi connectivity index (χ4n) is 4.34. The van der Waals surface area contributed by atoms with Gasteiger partial charge in [0.05, 0.1) is 11.0 Å². The topological polar surface area (TPSA) is 79.0 Å². The zero-order valence-electron chi connectivity index (χ0n) is 19.2. The lowest BCUT2D eigenvalue weighted by molar-refractivity contribution is -0.116. The molecule has 1 N–H and O–H groups in total. The van der Waals surface area contributed by atoms with E-state index in [1.165, 1.54) is 17.1 Å². The number of nitrogens with one attached hydrogen (secondary N) is 1. The van der Waals surface area contributed by atoms with Gasteiger partial charge in [-0.3, -0.25) is 4.79 Å². The summed E-state index contributed by atoms with van der Waals surface area (Å²) in [7, 11) is -1.52. The SMILES string of the molecule is CN1CCN(S(=O)(=O)c2ccc(NC(=O)CCc3cccc(OC4CCCC4)c3)cc2)CC1. The van der Waals surface area contributed by atoms with Gasteiger partial charge in [-0.05, 0) is 81.1 Å². The lowest BCUT2D eigenvalue weighted by Crippen LogP contribution is -2.46. The number of ether oxygens (including phenoxy) is 1. The molecule has 0 unspecified atom stereocenters. The molecule has 178 valence electrons. The fraction of sp³-hybridized carbons (Fsp3) is 0.480. The number of carbonyl (C=O) groups is 1. The van der Waals surface area contributed by atoms with Crippen molar-refractivity contribution >= 4 is 21.6 Å². The average Bonchev–Trinajstić information content (AvgIpc) is 3.32. The molecule has 0 bridgehead atoms. The Labute approximate surface area is 196 Å². The van der Waals surface area contributed by atoms with Crippen molar-refractivity contribution in [1.82, 2.24) is 9.21 Å². The van der Waals surface area contributed by atoms with Crippen molar-refractivity contribution in [3.63, 3.8) is 0 Å². The van der Waals surface area contributed by atoms with Crippen LogP contribution in [0.15, 0.2) is 53.4 Å². The van der Waals surface area contributed by atoms with E-state index in [1.807, 2.05) is 31.3 Å². The number of aryl methyl sites for hydroxylation is 1. The van der Waals surface area contributed by atoms with E-state index < -0.39 is 10.0 Å². The molecule has 1 heterocycles. The molecule has 33 heavy (non-hydrogen) atoms. The second kappa shape index (κ2) is 10.7. The maximum atomic E-state index is 12.8. The number of anilines is 1. The minimum absolute atomic E-state index is 0.105. The summed E-state index contributed by atoms with van der Waals surface area (Å²) in [6.07, 6.45) is 5.95. The van der Waals surface area contributed by atoms with E-state index in [0.29, 0.717) is 37.7 Å². The summed E-state index contributed by atoms with van der Waals surface area (Å²) in [6, 6.07) is 14.4. The summed E-state index contributed by atoms with van der Waals surface area (Å²) in [5.41, 5.74) is 1.66. The van der Waals surface area contributed by atoms with Gasteiger partial charge in [-0.25, -0.2) is 8.42 Å². The molecule has 1 saturated heterocycles. The van der Waals surface area contributed by atoms with E-state index in [4.69, 9.17) is 4.74 Å². The Kier molecular flexibility index (Phi) is 7.67. The van der Waals surface area contributed by atoms with Crippen LogP contribution < -0.4 is 10.1 Å². The predicted molar refractivity (Wildman–Crippen MR) is 129 cm³/mol. The lowest BCUT2D eigenvalue weighted by Gasteiger charge is -2.31. The summed E-state index contributed by atoms with van der Waals surface area (Å²) >= 11 is 0. The zero-order chi connectivity index (χ0) is 23.3. The van der Waals surface area contributed by atoms with E-state index in [-0.39, 0.29) is 10.8 Å². The molecule has 1 saturated carbocycles. The Bertz CT molecular complexity index is 1040. The molecule has 8 heteroatoms. The number of carbonyl (C=O) groups excluding carboxylic acids is 1. The molecule has 0 radical (unpaired) electrons. The molecule has 4 rings (SSSR count). The van der Waals surface area contributed by atoms with Gasteiger partial charge in [0.25, 0.3) is 0 Å². The molecule has 1 amide bonds. The highest BCUT2D eigenvalue weighted by Gasteiger charge is 2.27. The molecule has 0 spiro atoms. The van der Waals surface area contributed by atoms with Crippen LogP contribution in [0.5, 0.6) is 5.75 Å². The van der Waals surface area contributed by atoms with Crippen LogP contribution in [-0.2, 0) is 21.2 Å². The van der Waals surface area contributed by atoms with Gasteiger partial charge in [0.15, 0.2) is 0 Å². The summed E-state index contributed by atoms with van der Waals surface area (Å²) in [5, 5.41) is 2.86. The van der Waals surface area contributed by atoms with Crippen LogP contribution in [0.4, 0.5) is 5.69 Å². The smallest absolute Gasteiger partial charge is 0.243 e. The Morgan fingerprint density at radius 2 is 1.73 bits per heavy atom. The third kappa shape index (κ3) is 6.34. The van der Waals surface area contributed by atoms with Crippen molar-refractivity contribution < 1.29 is 17.9 Å². The minimum Gasteiger partial charge on any atom is -0.490 e. The van der Waals surface area contributed by atoms with Crippen LogP contribution in [0.1, 0.15) is 37.7 Å². The number of hydrogen-bond donors (Lipinski definition) is 1. The van der Waals surface area contributed by atoms with Gasteiger partial charge in [0.1, 0.15) is 5.75 Å². The van der Waals surface area contributed by atoms with E-state index in [2.05, 4.69) is 10.2 Å². The van der Waals surface area contributed by atoms with Crippen molar-refractivity contribution in [3.8, 4) is 5.75 Å². The molecule has 0 aromatic heterocycles. The number of sulfonamides is 1. The number of rotatable bonds is 8. The maximum Gasteiger partial charge on any atom is 0.243 e. The summed E-state index contributed by atoms with van der Waals surface area (Å²) in [6.45, 7) is 2.43. The van der Waals surface area contributed by atoms with E-state index in [9.17, 15) is 13.2 Å². The molecule has 1 aliphatic carbocycles. The molecule has 2 aliphatic rings. The summed E-state index contributed by atoms with van der Waals surface area (Å²) in [5.74, 6) is 0.767. The van der Waals surface area contributed by atoms with Gasteiger partial charge >= 0.3 is 0 Å². The minimum atomic E-state index is -3.51. The first-order valence-electron chi connectivity index (χ1n) is 11.7. The van der Waals surface area contributed by atoms with Crippen molar-refractivity contribution in [2.24, 2.45) is 0 Å². The van der Waals surface area contributed by atoms with Crippen LogP contribution >= 0.6 is 0 Å². The first-order valence-corrected chi connectivity index (χ1v) is 13.2. The van der Waals surface area contributed by atoms with E-state index in [0.717, 1.165) is 37.2 Å². The monoisotopic (exact) mass is 471 g/mol. The van der Waals surface area contributed by atoms with Crippen molar-refractivity contribution in [1.29, 1.82) is 0 Å². The first kappa shape index (κ1) is 23.7. The molecular formula is C25H33N3O4S. The average molecular weight is 472 g/mol.